The summed E-state index contributed by atoms with van der Waals surface area (Å²) < 4.78 is 6.88. The van der Waals surface area contributed by atoms with Gasteiger partial charge in [0, 0.05) is 19.3 Å². The number of nitrogens with one attached hydrogen (secondary N) is 1. The van der Waals surface area contributed by atoms with Crippen molar-refractivity contribution in [3.05, 3.63) is 36.5 Å². The fourth-order valence-corrected chi connectivity index (χ4v) is 1.54. The van der Waals surface area contributed by atoms with Crippen molar-refractivity contribution in [2.24, 2.45) is 0 Å². The molecule has 0 aromatic carbocycles. The van der Waals surface area contributed by atoms with Gasteiger partial charge < -0.3 is 14.8 Å². The quantitative estimate of drug-likeness (QED) is 0.688. The van der Waals surface area contributed by atoms with Crippen LogP contribution in [0.3, 0.4) is 0 Å². The molecule has 6 heteroatoms. The highest BCUT2D eigenvalue weighted by Gasteiger charge is 2.08. The van der Waals surface area contributed by atoms with Gasteiger partial charge in [-0.25, -0.2) is 0 Å². The summed E-state index contributed by atoms with van der Waals surface area (Å²) in [6.07, 6.45) is 5.40. The molecule has 92 valence electrons. The first-order valence-corrected chi connectivity index (χ1v) is 5.62. The molecule has 0 bridgehead atoms. The molecule has 0 saturated carbocycles. The summed E-state index contributed by atoms with van der Waals surface area (Å²) in [5, 5.41) is 20.5. The second kappa shape index (κ2) is 6.17. The van der Waals surface area contributed by atoms with Crippen LogP contribution < -0.4 is 5.32 Å². The van der Waals surface area contributed by atoms with Crippen LogP contribution in [0, 0.1) is 0 Å². The molecule has 6 nitrogen and oxygen atoms in total. The summed E-state index contributed by atoms with van der Waals surface area (Å²) in [7, 11) is 0. The molecule has 0 amide bonds. The van der Waals surface area contributed by atoms with Crippen LogP contribution in [0.5, 0.6) is 0 Å². The number of nitrogens with zero attached hydrogens (tertiary/aromatic N) is 3. The van der Waals surface area contributed by atoms with Crippen molar-refractivity contribution < 1.29 is 9.52 Å². The second-order valence-electron chi connectivity index (χ2n) is 3.76. The van der Waals surface area contributed by atoms with Crippen LogP contribution in [-0.4, -0.2) is 33.2 Å². The third-order valence-corrected chi connectivity index (χ3v) is 2.42. The molecule has 2 N–H and O–H groups in total. The Morgan fingerprint density at radius 2 is 2.47 bits per heavy atom. The van der Waals surface area contributed by atoms with E-state index in [-0.39, 0.29) is 0 Å². The van der Waals surface area contributed by atoms with E-state index in [0.717, 1.165) is 19.5 Å². The third kappa shape index (κ3) is 3.69. The topological polar surface area (TPSA) is 76.1 Å². The van der Waals surface area contributed by atoms with E-state index in [1.165, 1.54) is 0 Å². The molecule has 2 heterocycles. The highest BCUT2D eigenvalue weighted by molar-refractivity contribution is 5.01. The molecular weight excluding hydrogens is 220 g/mol. The van der Waals surface area contributed by atoms with Crippen molar-refractivity contribution in [3.8, 4) is 0 Å². The minimum Gasteiger partial charge on any atom is -0.467 e. The number of aryl methyl sites for hydroxylation is 1. The lowest BCUT2D eigenvalue weighted by Crippen LogP contribution is -2.23. The number of furan rings is 1. The number of hydrogen-bond acceptors (Lipinski definition) is 5. The molecule has 0 saturated heterocycles. The lowest BCUT2D eigenvalue weighted by molar-refractivity contribution is 0.147. The van der Waals surface area contributed by atoms with Gasteiger partial charge in [-0.05, 0) is 25.1 Å². The smallest absolute Gasteiger partial charge is 0.133 e. The standard InChI is InChI=1S/C11H16N4O2/c16-10(11-3-1-8-17-11)9-12-4-2-6-15-7-5-13-14-15/h1,3,5,7-8,10,12,16H,2,4,6,9H2. The zero-order chi connectivity index (χ0) is 11.9. The Morgan fingerprint density at radius 1 is 1.53 bits per heavy atom. The molecule has 2 aromatic heterocycles. The van der Waals surface area contributed by atoms with Gasteiger partial charge in [0.1, 0.15) is 11.9 Å². The highest BCUT2D eigenvalue weighted by atomic mass is 16.4. The summed E-state index contributed by atoms with van der Waals surface area (Å²) in [6, 6.07) is 3.53. The van der Waals surface area contributed by atoms with E-state index >= 15 is 0 Å². The van der Waals surface area contributed by atoms with E-state index in [0.29, 0.717) is 12.3 Å². The first-order valence-electron chi connectivity index (χ1n) is 5.62. The maximum atomic E-state index is 9.71. The number of aliphatic hydroxyl groups excluding tert-OH is 1. The number of rotatable bonds is 7. The summed E-state index contributed by atoms with van der Waals surface area (Å²) in [5.74, 6) is 0.591. The zero-order valence-electron chi connectivity index (χ0n) is 9.49. The van der Waals surface area contributed by atoms with Crippen LogP contribution in [-0.2, 0) is 6.54 Å². The Labute approximate surface area is 99.2 Å². The first kappa shape index (κ1) is 11.8. The van der Waals surface area contributed by atoms with Gasteiger partial charge in [0.2, 0.25) is 0 Å². The fraction of sp³-hybridized carbons (Fsp3) is 0.455. The molecule has 0 aliphatic carbocycles. The van der Waals surface area contributed by atoms with E-state index in [4.69, 9.17) is 4.42 Å². The molecule has 2 rings (SSSR count). The average molecular weight is 236 g/mol. The summed E-state index contributed by atoms with van der Waals surface area (Å²) in [6.45, 7) is 2.13. The predicted octanol–water partition coefficient (Wildman–Crippen LogP) is 0.584. The Kier molecular flexibility index (Phi) is 4.29. The SMILES string of the molecule is OC(CNCCCn1ccnn1)c1ccco1. The van der Waals surface area contributed by atoms with Gasteiger partial charge in [-0.2, -0.15) is 0 Å². The Morgan fingerprint density at radius 3 is 3.18 bits per heavy atom. The van der Waals surface area contributed by atoms with E-state index in [1.807, 2.05) is 6.20 Å². The second-order valence-corrected chi connectivity index (χ2v) is 3.76. The van der Waals surface area contributed by atoms with Crippen molar-refractivity contribution in [1.29, 1.82) is 0 Å². The van der Waals surface area contributed by atoms with Crippen LogP contribution >= 0.6 is 0 Å². The van der Waals surface area contributed by atoms with E-state index in [2.05, 4.69) is 15.6 Å². The van der Waals surface area contributed by atoms with Crippen molar-refractivity contribution in [2.45, 2.75) is 19.1 Å². The largest absolute Gasteiger partial charge is 0.467 e. The fourth-order valence-electron chi connectivity index (χ4n) is 1.54. The van der Waals surface area contributed by atoms with Gasteiger partial charge in [0.25, 0.3) is 0 Å². The normalized spacial score (nSPS) is 12.8. The van der Waals surface area contributed by atoms with Gasteiger partial charge in [-0.3, -0.25) is 4.68 Å². The maximum Gasteiger partial charge on any atom is 0.133 e. The zero-order valence-corrected chi connectivity index (χ0v) is 9.49. The minimum absolute atomic E-state index is 0.491. The first-order chi connectivity index (χ1) is 8.36. The Bertz CT molecular complexity index is 399. The van der Waals surface area contributed by atoms with E-state index < -0.39 is 6.10 Å². The van der Waals surface area contributed by atoms with Crippen molar-refractivity contribution in [3.63, 3.8) is 0 Å². The molecule has 0 aliphatic rings. The number of aliphatic hydroxyl groups is 1. The number of aromatic nitrogens is 3. The molecule has 0 fully saturated rings. The van der Waals surface area contributed by atoms with Gasteiger partial charge >= 0.3 is 0 Å². The monoisotopic (exact) mass is 236 g/mol. The van der Waals surface area contributed by atoms with Gasteiger partial charge in [0.15, 0.2) is 0 Å². The van der Waals surface area contributed by atoms with Gasteiger partial charge in [0.05, 0.1) is 12.5 Å². The van der Waals surface area contributed by atoms with Crippen LogP contribution in [0.4, 0.5) is 0 Å². The lowest BCUT2D eigenvalue weighted by atomic mass is 10.2. The Hall–Kier alpha value is -1.66. The molecule has 17 heavy (non-hydrogen) atoms. The van der Waals surface area contributed by atoms with Crippen LogP contribution in [0.25, 0.3) is 0 Å². The molecule has 1 unspecified atom stereocenters. The molecule has 0 aliphatic heterocycles. The van der Waals surface area contributed by atoms with E-state index in [1.54, 1.807) is 29.3 Å². The summed E-state index contributed by atoms with van der Waals surface area (Å²) in [4.78, 5) is 0. The van der Waals surface area contributed by atoms with Crippen molar-refractivity contribution in [1.82, 2.24) is 20.3 Å². The van der Waals surface area contributed by atoms with Gasteiger partial charge in [-0.15, -0.1) is 5.10 Å². The summed E-state index contributed by atoms with van der Waals surface area (Å²) in [5.41, 5.74) is 0. The molecular formula is C11H16N4O2. The highest BCUT2D eigenvalue weighted by Crippen LogP contribution is 2.11. The molecule has 1 atom stereocenters. The van der Waals surface area contributed by atoms with Crippen LogP contribution in [0.2, 0.25) is 0 Å². The molecule has 0 spiro atoms. The molecule has 2 aromatic rings. The van der Waals surface area contributed by atoms with Crippen LogP contribution in [0.15, 0.2) is 35.2 Å². The maximum absolute atomic E-state index is 9.71. The van der Waals surface area contributed by atoms with E-state index in [9.17, 15) is 5.11 Å². The van der Waals surface area contributed by atoms with Gasteiger partial charge in [-0.1, -0.05) is 5.21 Å². The third-order valence-electron chi connectivity index (χ3n) is 2.42. The Balaban J connectivity index is 1.57. The minimum atomic E-state index is -0.587. The summed E-state index contributed by atoms with van der Waals surface area (Å²) >= 11 is 0. The average Bonchev–Trinajstić information content (AvgIpc) is 3.01. The van der Waals surface area contributed by atoms with Crippen molar-refractivity contribution >= 4 is 0 Å². The van der Waals surface area contributed by atoms with Crippen molar-refractivity contribution in [2.75, 3.05) is 13.1 Å². The predicted molar refractivity (Wildman–Crippen MR) is 61.2 cm³/mol. The van der Waals surface area contributed by atoms with Crippen LogP contribution in [0.1, 0.15) is 18.3 Å². The number of hydrogen-bond donors (Lipinski definition) is 2. The lowest BCUT2D eigenvalue weighted by Gasteiger charge is -2.09. The molecule has 0 radical (unpaired) electrons.